The molecule has 0 saturated carbocycles. The number of guanidine groups is 1. The number of piperazine rings is 1. The molecule has 1 aromatic heterocycles. The first-order valence-electron chi connectivity index (χ1n) is 10.2. The van der Waals surface area contributed by atoms with E-state index in [-0.39, 0.29) is 11.7 Å². The van der Waals surface area contributed by atoms with Crippen molar-refractivity contribution in [1.29, 1.82) is 0 Å². The molecule has 0 atom stereocenters. The molecular weight excluding hydrogens is 403 g/mol. The largest absolute Gasteiger partial charge is 0.368 e. The summed E-state index contributed by atoms with van der Waals surface area (Å²) in [6, 6.07) is 6.50. The van der Waals surface area contributed by atoms with Crippen LogP contribution >= 0.6 is 11.3 Å². The van der Waals surface area contributed by atoms with Crippen LogP contribution in [-0.4, -0.2) is 68.1 Å². The molecule has 0 radical (unpaired) electrons. The molecule has 3 rings (SSSR count). The summed E-state index contributed by atoms with van der Waals surface area (Å²) in [6.45, 7) is 6.19. The van der Waals surface area contributed by atoms with E-state index in [1.165, 1.54) is 17.0 Å². The molecule has 0 unspecified atom stereocenters. The lowest BCUT2D eigenvalue weighted by Crippen LogP contribution is -2.49. The second-order valence-corrected chi connectivity index (χ2v) is 8.45. The minimum absolute atomic E-state index is 0.134. The van der Waals surface area contributed by atoms with Gasteiger partial charge in [0, 0.05) is 75.9 Å². The summed E-state index contributed by atoms with van der Waals surface area (Å²) >= 11 is 1.70. The standard InChI is InChI=1S/C21H29FN6OS/c1-16-15-26-19(30-16)7-9-24-21(23-2)25-10-8-20(29)28-13-11-27(12-14-28)18-5-3-17(22)4-6-18/h3-6,15H,7-14H2,1-2H3,(H2,23,24,25). The summed E-state index contributed by atoms with van der Waals surface area (Å²) in [5.74, 6) is 0.593. The molecule has 0 aliphatic carbocycles. The summed E-state index contributed by atoms with van der Waals surface area (Å²) in [6.07, 6.45) is 3.15. The van der Waals surface area contributed by atoms with Crippen molar-refractivity contribution in [2.45, 2.75) is 19.8 Å². The SMILES string of the molecule is CN=C(NCCC(=O)N1CCN(c2ccc(F)cc2)CC1)NCCc1ncc(C)s1. The van der Waals surface area contributed by atoms with Gasteiger partial charge in [-0.15, -0.1) is 11.3 Å². The van der Waals surface area contributed by atoms with Crippen LogP contribution in [0.15, 0.2) is 35.5 Å². The molecule has 7 nitrogen and oxygen atoms in total. The number of hydrogen-bond donors (Lipinski definition) is 2. The number of carbonyl (C=O) groups is 1. The Morgan fingerprint density at radius 2 is 1.87 bits per heavy atom. The van der Waals surface area contributed by atoms with Crippen molar-refractivity contribution in [1.82, 2.24) is 20.5 Å². The topological polar surface area (TPSA) is 72.9 Å². The molecule has 30 heavy (non-hydrogen) atoms. The normalized spacial score (nSPS) is 14.7. The molecule has 9 heteroatoms. The average molecular weight is 433 g/mol. The van der Waals surface area contributed by atoms with Gasteiger partial charge in [0.25, 0.3) is 0 Å². The Morgan fingerprint density at radius 1 is 1.17 bits per heavy atom. The highest BCUT2D eigenvalue weighted by atomic mass is 32.1. The first-order chi connectivity index (χ1) is 14.5. The maximum absolute atomic E-state index is 13.1. The van der Waals surface area contributed by atoms with Gasteiger partial charge in [-0.3, -0.25) is 9.79 Å². The Balaban J connectivity index is 1.33. The van der Waals surface area contributed by atoms with Crippen molar-refractivity contribution in [2.75, 3.05) is 51.2 Å². The minimum Gasteiger partial charge on any atom is -0.368 e. The van der Waals surface area contributed by atoms with E-state index < -0.39 is 0 Å². The average Bonchev–Trinajstić information content (AvgIpc) is 3.18. The fourth-order valence-electron chi connectivity index (χ4n) is 3.34. The van der Waals surface area contributed by atoms with E-state index in [1.54, 1.807) is 30.5 Å². The lowest BCUT2D eigenvalue weighted by Gasteiger charge is -2.36. The lowest BCUT2D eigenvalue weighted by molar-refractivity contribution is -0.131. The number of aryl methyl sites for hydroxylation is 1. The molecule has 1 aliphatic rings. The summed E-state index contributed by atoms with van der Waals surface area (Å²) in [5, 5.41) is 7.56. The Kier molecular flexibility index (Phi) is 8.01. The van der Waals surface area contributed by atoms with Gasteiger partial charge in [-0.05, 0) is 31.2 Å². The third-order valence-electron chi connectivity index (χ3n) is 4.98. The maximum Gasteiger partial charge on any atom is 0.224 e. The van der Waals surface area contributed by atoms with Crippen molar-refractivity contribution < 1.29 is 9.18 Å². The van der Waals surface area contributed by atoms with Crippen molar-refractivity contribution >= 4 is 28.9 Å². The third kappa shape index (κ3) is 6.41. The number of nitrogens with zero attached hydrogens (tertiary/aromatic N) is 4. The fourth-order valence-corrected chi connectivity index (χ4v) is 4.12. The van der Waals surface area contributed by atoms with Gasteiger partial charge in [-0.2, -0.15) is 0 Å². The van der Waals surface area contributed by atoms with E-state index in [2.05, 4.69) is 32.4 Å². The van der Waals surface area contributed by atoms with Crippen molar-refractivity contribution in [3.05, 3.63) is 46.2 Å². The van der Waals surface area contributed by atoms with Crippen LogP contribution in [0.5, 0.6) is 0 Å². The molecular formula is C21H29FN6OS. The zero-order valence-electron chi connectivity index (χ0n) is 17.5. The van der Waals surface area contributed by atoms with Crippen LogP contribution in [0, 0.1) is 12.7 Å². The van der Waals surface area contributed by atoms with Gasteiger partial charge in [0.2, 0.25) is 5.91 Å². The zero-order chi connectivity index (χ0) is 21.3. The molecule has 2 aromatic rings. The number of halogens is 1. The number of aliphatic imine (C=N–C) groups is 1. The number of hydrogen-bond acceptors (Lipinski definition) is 5. The van der Waals surface area contributed by atoms with Crippen LogP contribution in [0.4, 0.5) is 10.1 Å². The molecule has 1 amide bonds. The number of amides is 1. The number of carbonyl (C=O) groups excluding carboxylic acids is 1. The van der Waals surface area contributed by atoms with Gasteiger partial charge >= 0.3 is 0 Å². The van der Waals surface area contributed by atoms with E-state index in [0.717, 1.165) is 36.8 Å². The number of benzene rings is 1. The molecule has 2 heterocycles. The predicted molar refractivity (Wildman–Crippen MR) is 120 cm³/mol. The Hall–Kier alpha value is -2.68. The van der Waals surface area contributed by atoms with E-state index >= 15 is 0 Å². The molecule has 1 fully saturated rings. The molecule has 162 valence electrons. The molecule has 0 spiro atoms. The van der Waals surface area contributed by atoms with Crippen LogP contribution < -0.4 is 15.5 Å². The summed E-state index contributed by atoms with van der Waals surface area (Å²) in [4.78, 5) is 26.3. The van der Waals surface area contributed by atoms with Gasteiger partial charge in [-0.25, -0.2) is 9.37 Å². The van der Waals surface area contributed by atoms with Crippen molar-refractivity contribution in [3.8, 4) is 0 Å². The molecule has 0 bridgehead atoms. The number of aromatic nitrogens is 1. The Labute approximate surface area is 181 Å². The Morgan fingerprint density at radius 3 is 2.50 bits per heavy atom. The van der Waals surface area contributed by atoms with E-state index in [9.17, 15) is 9.18 Å². The Bertz CT molecular complexity index is 845. The first kappa shape index (κ1) is 22.0. The zero-order valence-corrected chi connectivity index (χ0v) is 18.3. The van der Waals surface area contributed by atoms with E-state index in [0.29, 0.717) is 32.0 Å². The molecule has 1 saturated heterocycles. The highest BCUT2D eigenvalue weighted by Crippen LogP contribution is 2.17. The lowest BCUT2D eigenvalue weighted by atomic mass is 10.2. The highest BCUT2D eigenvalue weighted by Gasteiger charge is 2.21. The van der Waals surface area contributed by atoms with Crippen LogP contribution in [0.25, 0.3) is 0 Å². The fraction of sp³-hybridized carbons (Fsp3) is 0.476. The molecule has 2 N–H and O–H groups in total. The number of anilines is 1. The van der Waals surface area contributed by atoms with E-state index in [4.69, 9.17) is 0 Å². The van der Waals surface area contributed by atoms with Gasteiger partial charge in [-0.1, -0.05) is 0 Å². The van der Waals surface area contributed by atoms with Crippen molar-refractivity contribution in [2.24, 2.45) is 4.99 Å². The maximum atomic E-state index is 13.1. The van der Waals surface area contributed by atoms with E-state index in [1.807, 2.05) is 11.1 Å². The smallest absolute Gasteiger partial charge is 0.224 e. The van der Waals surface area contributed by atoms with Gasteiger partial charge in [0.1, 0.15) is 5.82 Å². The third-order valence-corrected chi connectivity index (χ3v) is 5.95. The minimum atomic E-state index is -0.233. The number of rotatable bonds is 7. The summed E-state index contributed by atoms with van der Waals surface area (Å²) in [5.41, 5.74) is 0.993. The number of thiazole rings is 1. The van der Waals surface area contributed by atoms with Crippen LogP contribution in [0.3, 0.4) is 0 Å². The van der Waals surface area contributed by atoms with Crippen LogP contribution in [0.2, 0.25) is 0 Å². The molecule has 1 aromatic carbocycles. The van der Waals surface area contributed by atoms with Gasteiger partial charge in [0.05, 0.1) is 5.01 Å². The van der Waals surface area contributed by atoms with Gasteiger partial charge < -0.3 is 20.4 Å². The summed E-state index contributed by atoms with van der Waals surface area (Å²) < 4.78 is 13.1. The number of nitrogens with one attached hydrogen (secondary N) is 2. The van der Waals surface area contributed by atoms with Crippen LogP contribution in [0.1, 0.15) is 16.3 Å². The van der Waals surface area contributed by atoms with Gasteiger partial charge in [0.15, 0.2) is 5.96 Å². The monoisotopic (exact) mass is 432 g/mol. The highest BCUT2D eigenvalue weighted by molar-refractivity contribution is 7.11. The molecule has 1 aliphatic heterocycles. The summed E-state index contributed by atoms with van der Waals surface area (Å²) in [7, 11) is 1.72. The second-order valence-electron chi connectivity index (χ2n) is 7.13. The van der Waals surface area contributed by atoms with Crippen LogP contribution in [-0.2, 0) is 11.2 Å². The first-order valence-corrected chi connectivity index (χ1v) is 11.0. The quantitative estimate of drug-likeness (QED) is 0.518. The second kappa shape index (κ2) is 10.9. The predicted octanol–water partition coefficient (Wildman–Crippen LogP) is 2.04. The van der Waals surface area contributed by atoms with Crippen molar-refractivity contribution in [3.63, 3.8) is 0 Å².